The van der Waals surface area contributed by atoms with Gasteiger partial charge in [0.25, 0.3) is 5.91 Å². The molecule has 0 aliphatic heterocycles. The summed E-state index contributed by atoms with van der Waals surface area (Å²) in [7, 11) is 0. The van der Waals surface area contributed by atoms with Crippen LogP contribution in [0, 0.1) is 0 Å². The Hall–Kier alpha value is -1.49. The van der Waals surface area contributed by atoms with Crippen molar-refractivity contribution in [1.29, 1.82) is 0 Å². The van der Waals surface area contributed by atoms with Crippen molar-refractivity contribution in [3.05, 3.63) is 29.3 Å². The van der Waals surface area contributed by atoms with Crippen LogP contribution in [0.3, 0.4) is 0 Å². The van der Waals surface area contributed by atoms with Crippen molar-refractivity contribution in [3.63, 3.8) is 0 Å². The summed E-state index contributed by atoms with van der Waals surface area (Å²) in [5, 5.41) is 2.72. The Kier molecular flexibility index (Phi) is 6.31. The Morgan fingerprint density at radius 1 is 1.32 bits per heavy atom. The number of aryl methyl sites for hydroxylation is 2. The average molecular weight is 321 g/mol. The molecule has 120 valence electrons. The van der Waals surface area contributed by atoms with Crippen LogP contribution in [-0.4, -0.2) is 30.3 Å². The highest BCUT2D eigenvalue weighted by Gasteiger charge is 2.17. The van der Waals surface area contributed by atoms with E-state index in [4.69, 9.17) is 4.74 Å². The first-order valence-corrected chi connectivity index (χ1v) is 8.80. The van der Waals surface area contributed by atoms with E-state index in [0.29, 0.717) is 6.54 Å². The van der Waals surface area contributed by atoms with Crippen LogP contribution in [0.5, 0.6) is 0 Å². The van der Waals surface area contributed by atoms with Crippen LogP contribution in [0.2, 0.25) is 0 Å². The van der Waals surface area contributed by atoms with E-state index in [1.807, 2.05) is 6.92 Å². The zero-order valence-corrected chi connectivity index (χ0v) is 14.0. The molecule has 0 spiro atoms. The molecule has 0 fully saturated rings. The molecule has 1 atom stereocenters. The molecule has 0 aromatic heterocycles. The largest absolute Gasteiger partial charge is 0.452 e. The highest BCUT2D eigenvalue weighted by Crippen LogP contribution is 2.27. The van der Waals surface area contributed by atoms with Gasteiger partial charge in [-0.2, -0.15) is 0 Å². The van der Waals surface area contributed by atoms with E-state index in [-0.39, 0.29) is 17.6 Å². The van der Waals surface area contributed by atoms with Gasteiger partial charge in [-0.15, -0.1) is 11.8 Å². The Morgan fingerprint density at radius 2 is 2.09 bits per heavy atom. The van der Waals surface area contributed by atoms with Crippen LogP contribution in [-0.2, 0) is 27.2 Å². The molecule has 0 unspecified atom stereocenters. The van der Waals surface area contributed by atoms with Crippen molar-refractivity contribution in [3.8, 4) is 0 Å². The Bertz CT molecular complexity index is 545. The molecule has 5 heteroatoms. The fourth-order valence-corrected chi connectivity index (χ4v) is 3.20. The van der Waals surface area contributed by atoms with Crippen LogP contribution in [0.15, 0.2) is 23.1 Å². The van der Waals surface area contributed by atoms with Crippen molar-refractivity contribution in [1.82, 2.24) is 5.32 Å². The highest BCUT2D eigenvalue weighted by atomic mass is 32.2. The predicted molar refractivity (Wildman–Crippen MR) is 88.0 cm³/mol. The van der Waals surface area contributed by atoms with Crippen LogP contribution in [0.25, 0.3) is 0 Å². The fourth-order valence-electron chi connectivity index (χ4n) is 2.46. The van der Waals surface area contributed by atoms with Gasteiger partial charge in [0.1, 0.15) is 0 Å². The Morgan fingerprint density at radius 3 is 2.86 bits per heavy atom. The van der Waals surface area contributed by atoms with Gasteiger partial charge < -0.3 is 10.1 Å². The van der Waals surface area contributed by atoms with Gasteiger partial charge in [0.15, 0.2) is 6.10 Å². The van der Waals surface area contributed by atoms with E-state index in [9.17, 15) is 9.59 Å². The first-order valence-electron chi connectivity index (χ1n) is 7.82. The molecule has 1 aliphatic rings. The van der Waals surface area contributed by atoms with Gasteiger partial charge in [-0.05, 0) is 55.9 Å². The topological polar surface area (TPSA) is 55.4 Å². The zero-order chi connectivity index (χ0) is 15.9. The maximum atomic E-state index is 11.8. The lowest BCUT2D eigenvalue weighted by atomic mass is 10.1. The molecule has 22 heavy (non-hydrogen) atoms. The van der Waals surface area contributed by atoms with Crippen molar-refractivity contribution in [2.24, 2.45) is 0 Å². The summed E-state index contributed by atoms with van der Waals surface area (Å²) in [5.41, 5.74) is 2.82. The molecule has 0 radical (unpaired) electrons. The normalized spacial score (nSPS) is 14.3. The minimum Gasteiger partial charge on any atom is -0.452 e. The maximum Gasteiger partial charge on any atom is 0.317 e. The first-order chi connectivity index (χ1) is 10.6. The fraction of sp³-hybridized carbons (Fsp3) is 0.529. The van der Waals surface area contributed by atoms with Gasteiger partial charge in [0.05, 0.1) is 5.75 Å². The second-order valence-electron chi connectivity index (χ2n) is 5.50. The molecular weight excluding hydrogens is 298 g/mol. The maximum absolute atomic E-state index is 11.8. The van der Waals surface area contributed by atoms with E-state index < -0.39 is 6.10 Å². The minimum atomic E-state index is -0.736. The van der Waals surface area contributed by atoms with Gasteiger partial charge in [-0.1, -0.05) is 13.0 Å². The van der Waals surface area contributed by atoms with Crippen molar-refractivity contribution in [2.45, 2.75) is 50.5 Å². The minimum absolute atomic E-state index is 0.226. The number of esters is 1. The number of thioether (sulfide) groups is 1. The van der Waals surface area contributed by atoms with Crippen molar-refractivity contribution < 1.29 is 14.3 Å². The molecule has 0 bridgehead atoms. The molecule has 1 aromatic carbocycles. The number of rotatable bonds is 7. The molecule has 2 rings (SSSR count). The van der Waals surface area contributed by atoms with E-state index in [0.717, 1.165) is 24.2 Å². The highest BCUT2D eigenvalue weighted by molar-refractivity contribution is 8.00. The van der Waals surface area contributed by atoms with Crippen LogP contribution in [0.1, 0.15) is 37.8 Å². The molecular formula is C17H23NO3S. The Balaban J connectivity index is 1.76. The summed E-state index contributed by atoms with van der Waals surface area (Å²) in [6.45, 7) is 4.18. The summed E-state index contributed by atoms with van der Waals surface area (Å²) >= 11 is 1.46. The third-order valence-electron chi connectivity index (χ3n) is 3.65. The molecule has 0 saturated carbocycles. The second-order valence-corrected chi connectivity index (χ2v) is 6.54. The van der Waals surface area contributed by atoms with Crippen LogP contribution in [0.4, 0.5) is 0 Å². The number of hydrogen-bond acceptors (Lipinski definition) is 4. The van der Waals surface area contributed by atoms with Gasteiger partial charge >= 0.3 is 5.97 Å². The summed E-state index contributed by atoms with van der Waals surface area (Å²) in [6.07, 6.45) is 3.63. The SMILES string of the molecule is CCCNC(=O)[C@H](C)OC(=O)CSc1ccc2c(c1)CCC2. The lowest BCUT2D eigenvalue weighted by Gasteiger charge is -2.13. The van der Waals surface area contributed by atoms with Gasteiger partial charge in [0.2, 0.25) is 0 Å². The number of hydrogen-bond donors (Lipinski definition) is 1. The third-order valence-corrected chi connectivity index (χ3v) is 4.62. The Labute approximate surface area is 136 Å². The summed E-state index contributed by atoms with van der Waals surface area (Å²) < 4.78 is 5.15. The van der Waals surface area contributed by atoms with Gasteiger partial charge in [-0.3, -0.25) is 9.59 Å². The lowest BCUT2D eigenvalue weighted by Crippen LogP contribution is -2.36. The number of nitrogens with one attached hydrogen (secondary N) is 1. The lowest BCUT2D eigenvalue weighted by molar-refractivity contribution is -0.152. The molecule has 1 N–H and O–H groups in total. The van der Waals surface area contributed by atoms with Gasteiger partial charge in [0, 0.05) is 11.4 Å². The molecule has 1 aliphatic carbocycles. The summed E-state index contributed by atoms with van der Waals surface area (Å²) in [6, 6.07) is 6.37. The number of carbonyl (C=O) groups is 2. The van der Waals surface area contributed by atoms with E-state index in [2.05, 4.69) is 23.5 Å². The smallest absolute Gasteiger partial charge is 0.317 e. The molecule has 4 nitrogen and oxygen atoms in total. The molecule has 1 aromatic rings. The number of ether oxygens (including phenoxy) is 1. The van der Waals surface area contributed by atoms with E-state index >= 15 is 0 Å². The summed E-state index contributed by atoms with van der Waals surface area (Å²) in [4.78, 5) is 24.5. The van der Waals surface area contributed by atoms with Crippen LogP contribution < -0.4 is 5.32 Å². The number of fused-ring (bicyclic) bond motifs is 1. The van der Waals surface area contributed by atoms with Gasteiger partial charge in [-0.25, -0.2) is 0 Å². The number of carbonyl (C=O) groups excluding carboxylic acids is 2. The standard InChI is InChI=1S/C17H23NO3S/c1-3-9-18-17(20)12(2)21-16(19)11-22-15-8-7-13-5-4-6-14(13)10-15/h7-8,10,12H,3-6,9,11H2,1-2H3,(H,18,20)/t12-/m0/s1. The van der Waals surface area contributed by atoms with E-state index in [1.165, 1.54) is 29.3 Å². The molecule has 0 saturated heterocycles. The monoisotopic (exact) mass is 321 g/mol. The van der Waals surface area contributed by atoms with Crippen LogP contribution >= 0.6 is 11.8 Å². The third kappa shape index (κ3) is 4.77. The van der Waals surface area contributed by atoms with Crippen molar-refractivity contribution in [2.75, 3.05) is 12.3 Å². The predicted octanol–water partition coefficient (Wildman–Crippen LogP) is 2.73. The first kappa shape index (κ1) is 16.9. The number of amides is 1. The van der Waals surface area contributed by atoms with E-state index in [1.54, 1.807) is 6.92 Å². The zero-order valence-electron chi connectivity index (χ0n) is 13.2. The quantitative estimate of drug-likeness (QED) is 0.620. The second kappa shape index (κ2) is 8.22. The summed E-state index contributed by atoms with van der Waals surface area (Å²) in [5.74, 6) is -0.369. The van der Waals surface area contributed by atoms with Crippen molar-refractivity contribution >= 4 is 23.6 Å². The molecule has 1 amide bonds. The molecule has 0 heterocycles. The number of benzene rings is 1. The average Bonchev–Trinajstić information content (AvgIpc) is 2.98.